The SMILES string of the molecule is C=CCc1cc(/C=C2\SC(=O)N(CC(=O)c3ccc(Cl)cc3)C2=O)cc(OC)c1O. The van der Waals surface area contributed by atoms with Gasteiger partial charge in [-0.15, -0.1) is 6.58 Å². The molecule has 2 aromatic carbocycles. The van der Waals surface area contributed by atoms with Gasteiger partial charge in [-0.1, -0.05) is 17.7 Å². The fourth-order valence-electron chi connectivity index (χ4n) is 2.90. The molecule has 0 spiro atoms. The number of halogens is 1. The van der Waals surface area contributed by atoms with Gasteiger partial charge in [0.15, 0.2) is 17.3 Å². The van der Waals surface area contributed by atoms with E-state index in [1.807, 2.05) is 0 Å². The highest BCUT2D eigenvalue weighted by molar-refractivity contribution is 8.18. The number of carbonyl (C=O) groups excluding carboxylic acids is 3. The van der Waals surface area contributed by atoms with Crippen molar-refractivity contribution in [2.24, 2.45) is 0 Å². The van der Waals surface area contributed by atoms with E-state index in [9.17, 15) is 19.5 Å². The molecule has 2 amide bonds. The molecule has 0 saturated carbocycles. The number of rotatable bonds is 7. The molecule has 30 heavy (non-hydrogen) atoms. The number of phenols is 1. The van der Waals surface area contributed by atoms with Gasteiger partial charge in [0, 0.05) is 16.1 Å². The minimum Gasteiger partial charge on any atom is -0.504 e. The zero-order valence-corrected chi connectivity index (χ0v) is 17.6. The number of benzene rings is 2. The first-order valence-corrected chi connectivity index (χ1v) is 10.1. The van der Waals surface area contributed by atoms with Gasteiger partial charge < -0.3 is 9.84 Å². The number of hydrogen-bond donors (Lipinski definition) is 1. The van der Waals surface area contributed by atoms with Gasteiger partial charge in [-0.25, -0.2) is 0 Å². The highest BCUT2D eigenvalue weighted by Gasteiger charge is 2.36. The minimum atomic E-state index is -0.551. The van der Waals surface area contributed by atoms with Crippen LogP contribution in [0.3, 0.4) is 0 Å². The number of thioether (sulfide) groups is 1. The lowest BCUT2D eigenvalue weighted by atomic mass is 10.1. The number of ketones is 1. The first-order chi connectivity index (χ1) is 14.3. The molecule has 0 aromatic heterocycles. The molecular weight excluding hydrogens is 426 g/mol. The largest absolute Gasteiger partial charge is 0.504 e. The molecule has 1 fully saturated rings. The summed E-state index contributed by atoms with van der Waals surface area (Å²) in [5, 5.41) is 10.2. The van der Waals surface area contributed by atoms with Crippen molar-refractivity contribution in [3.63, 3.8) is 0 Å². The maximum Gasteiger partial charge on any atom is 0.293 e. The van der Waals surface area contributed by atoms with Gasteiger partial charge in [0.25, 0.3) is 11.1 Å². The minimum absolute atomic E-state index is 0.00350. The number of nitrogens with zero attached hydrogens (tertiary/aromatic N) is 1. The number of ether oxygens (including phenoxy) is 1. The molecule has 6 nitrogen and oxygen atoms in total. The number of allylic oxidation sites excluding steroid dienone is 1. The third-order valence-electron chi connectivity index (χ3n) is 4.40. The molecule has 1 aliphatic rings. The normalized spacial score (nSPS) is 15.0. The zero-order chi connectivity index (χ0) is 21.8. The van der Waals surface area contributed by atoms with E-state index in [1.165, 1.54) is 13.2 Å². The van der Waals surface area contributed by atoms with Crippen LogP contribution >= 0.6 is 23.4 Å². The maximum absolute atomic E-state index is 12.7. The van der Waals surface area contributed by atoms with Crippen LogP contribution in [0.5, 0.6) is 11.5 Å². The van der Waals surface area contributed by atoms with Crippen molar-refractivity contribution in [1.82, 2.24) is 4.90 Å². The first kappa shape index (κ1) is 21.7. The van der Waals surface area contributed by atoms with Crippen molar-refractivity contribution in [3.8, 4) is 11.5 Å². The Morgan fingerprint density at radius 1 is 1.27 bits per heavy atom. The fraction of sp³-hybridized carbons (Fsp3) is 0.136. The summed E-state index contributed by atoms with van der Waals surface area (Å²) in [6.07, 6.45) is 3.57. The summed E-state index contributed by atoms with van der Waals surface area (Å²) in [6, 6.07) is 9.48. The lowest BCUT2D eigenvalue weighted by Gasteiger charge is -2.11. The van der Waals surface area contributed by atoms with E-state index in [4.69, 9.17) is 16.3 Å². The quantitative estimate of drug-likeness (QED) is 0.379. The molecule has 8 heteroatoms. The number of methoxy groups -OCH3 is 1. The van der Waals surface area contributed by atoms with E-state index in [0.29, 0.717) is 28.1 Å². The van der Waals surface area contributed by atoms with Gasteiger partial charge in [-0.2, -0.15) is 0 Å². The smallest absolute Gasteiger partial charge is 0.293 e. The van der Waals surface area contributed by atoms with Crippen LogP contribution in [0.2, 0.25) is 5.02 Å². The van der Waals surface area contributed by atoms with Crippen LogP contribution < -0.4 is 4.74 Å². The summed E-state index contributed by atoms with van der Waals surface area (Å²) in [6.45, 7) is 3.30. The summed E-state index contributed by atoms with van der Waals surface area (Å²) in [5.74, 6) is -0.673. The molecular formula is C22H18ClNO5S. The molecule has 1 saturated heterocycles. The molecule has 0 bridgehead atoms. The number of carbonyl (C=O) groups is 3. The molecule has 1 N–H and O–H groups in total. The van der Waals surface area contributed by atoms with Crippen LogP contribution in [0.1, 0.15) is 21.5 Å². The van der Waals surface area contributed by atoms with Crippen molar-refractivity contribution in [3.05, 3.63) is 75.7 Å². The molecule has 3 rings (SSSR count). The van der Waals surface area contributed by atoms with E-state index < -0.39 is 11.1 Å². The van der Waals surface area contributed by atoms with Crippen LogP contribution in [-0.2, 0) is 11.2 Å². The second kappa shape index (κ2) is 9.19. The van der Waals surface area contributed by atoms with Crippen molar-refractivity contribution in [2.45, 2.75) is 6.42 Å². The van der Waals surface area contributed by atoms with Crippen LogP contribution in [0.25, 0.3) is 6.08 Å². The number of phenolic OH excluding ortho intramolecular Hbond substituents is 1. The molecule has 0 atom stereocenters. The number of aromatic hydroxyl groups is 1. The Morgan fingerprint density at radius 3 is 2.60 bits per heavy atom. The van der Waals surface area contributed by atoms with Gasteiger partial charge in [-0.05, 0) is 66.2 Å². The molecule has 1 aliphatic heterocycles. The Labute approximate surface area is 182 Å². The topological polar surface area (TPSA) is 83.9 Å². The van der Waals surface area contributed by atoms with E-state index in [-0.39, 0.29) is 28.7 Å². The average molecular weight is 444 g/mol. The Kier molecular flexibility index (Phi) is 6.64. The highest BCUT2D eigenvalue weighted by atomic mass is 35.5. The third-order valence-corrected chi connectivity index (χ3v) is 5.56. The Balaban J connectivity index is 1.84. The van der Waals surface area contributed by atoms with Crippen LogP contribution in [-0.4, -0.2) is 40.6 Å². The summed E-state index contributed by atoms with van der Waals surface area (Å²) in [5.41, 5.74) is 1.52. The second-order valence-electron chi connectivity index (χ2n) is 6.42. The number of imide groups is 1. The Bertz CT molecular complexity index is 1060. The molecule has 2 aromatic rings. The summed E-state index contributed by atoms with van der Waals surface area (Å²) in [4.78, 5) is 38.6. The van der Waals surface area contributed by atoms with Crippen LogP contribution in [0.4, 0.5) is 4.79 Å². The monoisotopic (exact) mass is 443 g/mol. The van der Waals surface area contributed by atoms with Crippen LogP contribution in [0.15, 0.2) is 54.0 Å². The predicted octanol–water partition coefficient (Wildman–Crippen LogP) is 4.70. The highest BCUT2D eigenvalue weighted by Crippen LogP contribution is 2.36. The van der Waals surface area contributed by atoms with Crippen molar-refractivity contribution in [1.29, 1.82) is 0 Å². The zero-order valence-electron chi connectivity index (χ0n) is 16.1. The van der Waals surface area contributed by atoms with E-state index in [0.717, 1.165) is 16.7 Å². The number of amides is 2. The maximum atomic E-state index is 12.7. The lowest BCUT2D eigenvalue weighted by Crippen LogP contribution is -2.33. The first-order valence-electron chi connectivity index (χ1n) is 8.89. The Hall–Kier alpha value is -3.03. The van der Waals surface area contributed by atoms with Crippen molar-refractivity contribution < 1.29 is 24.2 Å². The lowest BCUT2D eigenvalue weighted by molar-refractivity contribution is -0.122. The van der Waals surface area contributed by atoms with Gasteiger partial charge in [0.1, 0.15) is 0 Å². The molecule has 154 valence electrons. The molecule has 1 heterocycles. The summed E-state index contributed by atoms with van der Waals surface area (Å²) < 4.78 is 5.18. The molecule has 0 aliphatic carbocycles. The average Bonchev–Trinajstić information content (AvgIpc) is 2.98. The Morgan fingerprint density at radius 2 is 1.97 bits per heavy atom. The van der Waals surface area contributed by atoms with E-state index in [1.54, 1.807) is 42.5 Å². The molecule has 0 radical (unpaired) electrons. The standard InChI is InChI=1S/C22H18ClNO5S/c1-3-4-15-9-13(10-18(29-2)20(15)26)11-19-21(27)24(22(28)30-19)12-17(25)14-5-7-16(23)8-6-14/h3,5-11,26H,1,4,12H2,2H3/b19-11-. The van der Waals surface area contributed by atoms with Gasteiger partial charge in [-0.3, -0.25) is 19.3 Å². The van der Waals surface area contributed by atoms with Gasteiger partial charge >= 0.3 is 0 Å². The fourth-order valence-corrected chi connectivity index (χ4v) is 3.86. The number of Topliss-reactive ketones (excluding diaryl/α,β-unsaturated/α-hetero) is 1. The summed E-state index contributed by atoms with van der Waals surface area (Å²) in [7, 11) is 1.42. The second-order valence-corrected chi connectivity index (χ2v) is 7.85. The van der Waals surface area contributed by atoms with Gasteiger partial charge in [0.2, 0.25) is 0 Å². The summed E-state index contributed by atoms with van der Waals surface area (Å²) >= 11 is 6.58. The van der Waals surface area contributed by atoms with Crippen LogP contribution in [0, 0.1) is 0 Å². The van der Waals surface area contributed by atoms with E-state index in [2.05, 4.69) is 6.58 Å². The number of hydrogen-bond acceptors (Lipinski definition) is 6. The molecule has 0 unspecified atom stereocenters. The van der Waals surface area contributed by atoms with Crippen molar-refractivity contribution in [2.75, 3.05) is 13.7 Å². The van der Waals surface area contributed by atoms with Crippen molar-refractivity contribution >= 4 is 46.4 Å². The van der Waals surface area contributed by atoms with Gasteiger partial charge in [0.05, 0.1) is 18.6 Å². The van der Waals surface area contributed by atoms with E-state index >= 15 is 0 Å². The third kappa shape index (κ3) is 4.58. The predicted molar refractivity (Wildman–Crippen MR) is 117 cm³/mol.